The molecule has 0 saturated heterocycles. The van der Waals surface area contributed by atoms with Crippen molar-refractivity contribution in [1.82, 2.24) is 5.32 Å². The van der Waals surface area contributed by atoms with Crippen LogP contribution in [0, 0.1) is 17.1 Å². The minimum absolute atomic E-state index is 0.0986. The van der Waals surface area contributed by atoms with Gasteiger partial charge in [0.05, 0.1) is 12.1 Å². The lowest BCUT2D eigenvalue weighted by molar-refractivity contribution is 0.585. The molecule has 0 bridgehead atoms. The van der Waals surface area contributed by atoms with Gasteiger partial charge in [-0.2, -0.15) is 5.26 Å². The number of nitriles is 1. The van der Waals surface area contributed by atoms with Crippen LogP contribution in [0.4, 0.5) is 4.39 Å². The van der Waals surface area contributed by atoms with Crippen LogP contribution in [-0.4, -0.2) is 12.6 Å². The fourth-order valence-electron chi connectivity index (χ4n) is 1.36. The number of benzene rings is 1. The van der Waals surface area contributed by atoms with E-state index in [1.54, 1.807) is 6.07 Å². The number of hydrogen-bond donors (Lipinski definition) is 1. The van der Waals surface area contributed by atoms with Gasteiger partial charge in [0.25, 0.3) is 0 Å². The quantitative estimate of drug-likeness (QED) is 0.802. The Morgan fingerprint density at radius 1 is 1.53 bits per heavy atom. The molecule has 1 unspecified atom stereocenters. The van der Waals surface area contributed by atoms with E-state index >= 15 is 0 Å². The summed E-state index contributed by atoms with van der Waals surface area (Å²) in [4.78, 5) is 0. The Labute approximate surface area is 89.7 Å². The van der Waals surface area contributed by atoms with Crippen LogP contribution in [0.15, 0.2) is 24.3 Å². The average molecular weight is 206 g/mol. The van der Waals surface area contributed by atoms with E-state index in [2.05, 4.69) is 11.4 Å². The number of halogens is 1. The smallest absolute Gasteiger partial charge is 0.123 e. The zero-order valence-corrected chi connectivity index (χ0v) is 8.83. The molecule has 0 aliphatic rings. The normalized spacial score (nSPS) is 12.1. The molecule has 0 aromatic heterocycles. The average Bonchev–Trinajstić information content (AvgIpc) is 2.25. The van der Waals surface area contributed by atoms with E-state index in [1.807, 2.05) is 13.0 Å². The third-order valence-electron chi connectivity index (χ3n) is 2.26. The lowest BCUT2D eigenvalue weighted by atomic mass is 10.1. The second kappa shape index (κ2) is 6.15. The summed E-state index contributed by atoms with van der Waals surface area (Å²) in [6.07, 6.45) is 1.54. The second-order valence-corrected chi connectivity index (χ2v) is 3.42. The SMILES string of the molecule is CCC(C#N)NCCc1cccc(F)c1. The minimum Gasteiger partial charge on any atom is -0.302 e. The summed E-state index contributed by atoms with van der Waals surface area (Å²) in [7, 11) is 0. The molecule has 1 aromatic rings. The maximum Gasteiger partial charge on any atom is 0.123 e. The molecule has 15 heavy (non-hydrogen) atoms. The van der Waals surface area contributed by atoms with Crippen molar-refractivity contribution in [2.45, 2.75) is 25.8 Å². The topological polar surface area (TPSA) is 35.8 Å². The predicted octanol–water partition coefficient (Wildman–Crippen LogP) is 2.26. The molecule has 0 aliphatic carbocycles. The number of nitrogens with zero attached hydrogens (tertiary/aromatic N) is 1. The first-order chi connectivity index (χ1) is 7.26. The Morgan fingerprint density at radius 2 is 2.33 bits per heavy atom. The van der Waals surface area contributed by atoms with Crippen LogP contribution in [0.25, 0.3) is 0 Å². The molecule has 2 nitrogen and oxygen atoms in total. The van der Waals surface area contributed by atoms with Crippen LogP contribution >= 0.6 is 0 Å². The highest BCUT2D eigenvalue weighted by Gasteiger charge is 2.02. The molecule has 1 atom stereocenters. The molecule has 0 radical (unpaired) electrons. The van der Waals surface area contributed by atoms with Gasteiger partial charge in [0, 0.05) is 6.54 Å². The van der Waals surface area contributed by atoms with Gasteiger partial charge < -0.3 is 5.32 Å². The fourth-order valence-corrected chi connectivity index (χ4v) is 1.36. The number of hydrogen-bond acceptors (Lipinski definition) is 2. The van der Waals surface area contributed by atoms with Gasteiger partial charge in [0.1, 0.15) is 5.82 Å². The van der Waals surface area contributed by atoms with Crippen molar-refractivity contribution in [2.24, 2.45) is 0 Å². The first-order valence-electron chi connectivity index (χ1n) is 5.13. The van der Waals surface area contributed by atoms with Crippen molar-refractivity contribution in [3.8, 4) is 6.07 Å². The standard InChI is InChI=1S/C12H15FN2/c1-2-12(9-14)15-7-6-10-4-3-5-11(13)8-10/h3-5,8,12,15H,2,6-7H2,1H3. The van der Waals surface area contributed by atoms with Gasteiger partial charge in [-0.15, -0.1) is 0 Å². The predicted molar refractivity (Wildman–Crippen MR) is 57.8 cm³/mol. The Hall–Kier alpha value is -1.40. The summed E-state index contributed by atoms with van der Waals surface area (Å²) in [5.74, 6) is -0.208. The highest BCUT2D eigenvalue weighted by Crippen LogP contribution is 2.03. The van der Waals surface area contributed by atoms with Crippen LogP contribution < -0.4 is 5.32 Å². The summed E-state index contributed by atoms with van der Waals surface area (Å²) in [6, 6.07) is 8.61. The molecule has 0 fully saturated rings. The highest BCUT2D eigenvalue weighted by atomic mass is 19.1. The number of nitrogens with one attached hydrogen (secondary N) is 1. The Bertz CT molecular complexity index is 344. The third-order valence-corrected chi connectivity index (χ3v) is 2.26. The van der Waals surface area contributed by atoms with Gasteiger partial charge in [0.15, 0.2) is 0 Å². The van der Waals surface area contributed by atoms with Crippen molar-refractivity contribution in [3.63, 3.8) is 0 Å². The number of rotatable bonds is 5. The maximum absolute atomic E-state index is 12.8. The Morgan fingerprint density at radius 3 is 2.93 bits per heavy atom. The van der Waals surface area contributed by atoms with Crippen molar-refractivity contribution in [2.75, 3.05) is 6.54 Å². The van der Waals surface area contributed by atoms with E-state index in [1.165, 1.54) is 12.1 Å². The second-order valence-electron chi connectivity index (χ2n) is 3.42. The molecular formula is C12H15FN2. The van der Waals surface area contributed by atoms with Gasteiger partial charge in [-0.1, -0.05) is 19.1 Å². The molecule has 0 amide bonds. The molecule has 3 heteroatoms. The van der Waals surface area contributed by atoms with Crippen LogP contribution in [0.1, 0.15) is 18.9 Å². The van der Waals surface area contributed by atoms with Crippen molar-refractivity contribution >= 4 is 0 Å². The summed E-state index contributed by atoms with van der Waals surface area (Å²) in [5.41, 5.74) is 0.954. The molecule has 0 heterocycles. The van der Waals surface area contributed by atoms with Crippen molar-refractivity contribution < 1.29 is 4.39 Å². The molecule has 1 rings (SSSR count). The zero-order valence-electron chi connectivity index (χ0n) is 8.83. The van der Waals surface area contributed by atoms with Crippen molar-refractivity contribution in [3.05, 3.63) is 35.6 Å². The molecule has 1 aromatic carbocycles. The molecule has 0 spiro atoms. The van der Waals surface area contributed by atoms with E-state index in [0.717, 1.165) is 18.4 Å². The molecule has 0 aliphatic heterocycles. The van der Waals surface area contributed by atoms with E-state index in [9.17, 15) is 4.39 Å². The fraction of sp³-hybridized carbons (Fsp3) is 0.417. The van der Waals surface area contributed by atoms with Gasteiger partial charge in [-0.25, -0.2) is 4.39 Å². The Kier molecular flexibility index (Phi) is 4.79. The first-order valence-corrected chi connectivity index (χ1v) is 5.13. The molecule has 0 saturated carbocycles. The summed E-state index contributed by atoms with van der Waals surface area (Å²) < 4.78 is 12.8. The first kappa shape index (κ1) is 11.7. The third kappa shape index (κ3) is 4.09. The van der Waals surface area contributed by atoms with E-state index in [4.69, 9.17) is 5.26 Å². The van der Waals surface area contributed by atoms with Crippen LogP contribution in [0.3, 0.4) is 0 Å². The molecular weight excluding hydrogens is 191 g/mol. The summed E-state index contributed by atoms with van der Waals surface area (Å²) in [6.45, 7) is 2.67. The van der Waals surface area contributed by atoms with Gasteiger partial charge in [0.2, 0.25) is 0 Å². The van der Waals surface area contributed by atoms with E-state index < -0.39 is 0 Å². The van der Waals surface area contributed by atoms with Crippen LogP contribution in [0.5, 0.6) is 0 Å². The van der Waals surface area contributed by atoms with Gasteiger partial charge >= 0.3 is 0 Å². The van der Waals surface area contributed by atoms with Crippen molar-refractivity contribution in [1.29, 1.82) is 5.26 Å². The van der Waals surface area contributed by atoms with E-state index in [-0.39, 0.29) is 11.9 Å². The monoisotopic (exact) mass is 206 g/mol. The zero-order chi connectivity index (χ0) is 11.1. The largest absolute Gasteiger partial charge is 0.302 e. The van der Waals surface area contributed by atoms with Gasteiger partial charge in [-0.05, 0) is 30.5 Å². The van der Waals surface area contributed by atoms with Gasteiger partial charge in [-0.3, -0.25) is 0 Å². The molecule has 80 valence electrons. The summed E-state index contributed by atoms with van der Waals surface area (Å²) >= 11 is 0. The lowest BCUT2D eigenvalue weighted by Gasteiger charge is -2.08. The van der Waals surface area contributed by atoms with E-state index in [0.29, 0.717) is 6.54 Å². The highest BCUT2D eigenvalue weighted by molar-refractivity contribution is 5.16. The maximum atomic E-state index is 12.8. The lowest BCUT2D eigenvalue weighted by Crippen LogP contribution is -2.28. The minimum atomic E-state index is -0.208. The Balaban J connectivity index is 2.35. The van der Waals surface area contributed by atoms with Crippen LogP contribution in [-0.2, 0) is 6.42 Å². The molecule has 1 N–H and O–H groups in total. The summed E-state index contributed by atoms with van der Waals surface area (Å²) in [5, 5.41) is 11.8. The van der Waals surface area contributed by atoms with Crippen LogP contribution in [0.2, 0.25) is 0 Å².